The number of nitrogens with one attached hydrogen (secondary N) is 1. The van der Waals surface area contributed by atoms with Crippen LogP contribution in [0.3, 0.4) is 0 Å². The van der Waals surface area contributed by atoms with Gasteiger partial charge in [-0.2, -0.15) is 0 Å². The van der Waals surface area contributed by atoms with Gasteiger partial charge in [-0.3, -0.25) is 0 Å². The zero-order valence-corrected chi connectivity index (χ0v) is 17.6. The van der Waals surface area contributed by atoms with Gasteiger partial charge in [0.05, 0.1) is 11.3 Å². The second-order valence-electron chi connectivity index (χ2n) is 7.30. The second kappa shape index (κ2) is 7.82. The maximum atomic E-state index is 13.3. The Hall–Kier alpha value is -1.18. The summed E-state index contributed by atoms with van der Waals surface area (Å²) in [7, 11) is -3.61. The highest BCUT2D eigenvalue weighted by atomic mass is 32.2. The average molecular weight is 397 g/mol. The number of aromatic nitrogens is 1. The minimum Gasteiger partial charge on any atom is -0.356 e. The van der Waals surface area contributed by atoms with Crippen molar-refractivity contribution in [3.63, 3.8) is 0 Å². The van der Waals surface area contributed by atoms with E-state index in [4.69, 9.17) is 4.52 Å². The SMILES string of the molecule is Cc1noc(-c2c(C)sc(C)c2S(=O)(=O)NC2CCCCCCC2)c1C. The standard InChI is InChI=1S/C19H28N2O3S2/c1-12-13(2)20-24-18(12)17-14(3)25-15(4)19(17)26(22,23)21-16-10-8-6-5-7-9-11-16/h16,21H,5-11H2,1-4H3. The van der Waals surface area contributed by atoms with Crippen molar-refractivity contribution in [2.45, 2.75) is 83.6 Å². The number of hydrogen-bond acceptors (Lipinski definition) is 5. The molecule has 0 bridgehead atoms. The first-order chi connectivity index (χ1) is 12.3. The molecule has 0 spiro atoms. The maximum absolute atomic E-state index is 13.3. The number of hydrogen-bond donors (Lipinski definition) is 1. The lowest BCUT2D eigenvalue weighted by atomic mass is 9.97. The van der Waals surface area contributed by atoms with Gasteiger partial charge in [-0.1, -0.05) is 37.3 Å². The Balaban J connectivity index is 1.98. The topological polar surface area (TPSA) is 72.2 Å². The molecule has 1 saturated carbocycles. The van der Waals surface area contributed by atoms with Crippen molar-refractivity contribution in [1.29, 1.82) is 0 Å². The number of sulfonamides is 1. The van der Waals surface area contributed by atoms with Crippen LogP contribution in [0.2, 0.25) is 0 Å². The number of thiophene rings is 1. The van der Waals surface area contributed by atoms with Gasteiger partial charge in [-0.05, 0) is 40.5 Å². The van der Waals surface area contributed by atoms with Gasteiger partial charge in [0.2, 0.25) is 10.0 Å². The van der Waals surface area contributed by atoms with Gasteiger partial charge >= 0.3 is 0 Å². The van der Waals surface area contributed by atoms with Gasteiger partial charge in [0, 0.05) is 21.4 Å². The maximum Gasteiger partial charge on any atom is 0.242 e. The first-order valence-electron chi connectivity index (χ1n) is 9.37. The van der Waals surface area contributed by atoms with E-state index < -0.39 is 10.0 Å². The molecule has 7 heteroatoms. The molecular formula is C19H28N2O3S2. The highest BCUT2D eigenvalue weighted by Gasteiger charge is 2.31. The first-order valence-corrected chi connectivity index (χ1v) is 11.7. The summed E-state index contributed by atoms with van der Waals surface area (Å²) < 4.78 is 35.0. The van der Waals surface area contributed by atoms with Gasteiger partial charge in [0.15, 0.2) is 5.76 Å². The fourth-order valence-corrected chi connectivity index (χ4v) is 6.91. The second-order valence-corrected chi connectivity index (χ2v) is 10.4. The van der Waals surface area contributed by atoms with E-state index in [0.717, 1.165) is 46.7 Å². The molecule has 5 nitrogen and oxygen atoms in total. The molecule has 26 heavy (non-hydrogen) atoms. The fraction of sp³-hybridized carbons (Fsp3) is 0.632. The van der Waals surface area contributed by atoms with Gasteiger partial charge in [-0.25, -0.2) is 13.1 Å². The van der Waals surface area contributed by atoms with E-state index in [1.54, 1.807) is 0 Å². The molecule has 0 radical (unpaired) electrons. The van der Waals surface area contributed by atoms with Crippen LogP contribution in [-0.4, -0.2) is 19.6 Å². The molecule has 0 amide bonds. The Kier molecular flexibility index (Phi) is 5.89. The molecule has 0 unspecified atom stereocenters. The summed E-state index contributed by atoms with van der Waals surface area (Å²) in [6, 6.07) is 0.0188. The summed E-state index contributed by atoms with van der Waals surface area (Å²) in [5.74, 6) is 0.572. The minimum atomic E-state index is -3.61. The Morgan fingerprint density at radius 3 is 2.19 bits per heavy atom. The Bertz CT molecular complexity index is 873. The lowest BCUT2D eigenvalue weighted by Gasteiger charge is -2.21. The third-order valence-corrected chi connectivity index (χ3v) is 8.13. The Morgan fingerprint density at radius 1 is 1.00 bits per heavy atom. The van der Waals surface area contributed by atoms with Crippen LogP contribution in [0.1, 0.15) is 66.0 Å². The minimum absolute atomic E-state index is 0.0188. The van der Waals surface area contributed by atoms with Crippen LogP contribution >= 0.6 is 11.3 Å². The van der Waals surface area contributed by atoms with Crippen molar-refractivity contribution in [2.75, 3.05) is 0 Å². The summed E-state index contributed by atoms with van der Waals surface area (Å²) in [5, 5.41) is 4.02. The lowest BCUT2D eigenvalue weighted by molar-refractivity contribution is 0.423. The van der Waals surface area contributed by atoms with Crippen molar-refractivity contribution in [1.82, 2.24) is 9.88 Å². The number of nitrogens with zero attached hydrogens (tertiary/aromatic N) is 1. The quantitative estimate of drug-likeness (QED) is 0.787. The van der Waals surface area contributed by atoms with E-state index in [1.807, 2.05) is 27.7 Å². The molecule has 0 atom stereocenters. The Morgan fingerprint density at radius 2 is 1.62 bits per heavy atom. The van der Waals surface area contributed by atoms with Gasteiger partial charge < -0.3 is 4.52 Å². The van der Waals surface area contributed by atoms with E-state index in [2.05, 4.69) is 9.88 Å². The predicted octanol–water partition coefficient (Wildman–Crippen LogP) is 5.03. The molecule has 1 aliphatic carbocycles. The van der Waals surface area contributed by atoms with E-state index in [0.29, 0.717) is 16.2 Å². The molecule has 0 aliphatic heterocycles. The van der Waals surface area contributed by atoms with Gasteiger partial charge in [0.25, 0.3) is 0 Å². The molecule has 144 valence electrons. The molecule has 0 aromatic carbocycles. The number of rotatable bonds is 4. The van der Waals surface area contributed by atoms with E-state index in [1.165, 1.54) is 30.6 Å². The number of aryl methyl sites for hydroxylation is 3. The third kappa shape index (κ3) is 3.89. The average Bonchev–Trinajstić information content (AvgIpc) is 3.01. The molecule has 1 fully saturated rings. The molecule has 0 saturated heterocycles. The Labute approximate surface area is 160 Å². The van der Waals surface area contributed by atoms with E-state index in [9.17, 15) is 8.42 Å². The zero-order chi connectivity index (χ0) is 18.9. The van der Waals surface area contributed by atoms with Gasteiger partial charge in [0.1, 0.15) is 4.90 Å². The van der Waals surface area contributed by atoms with Crippen LogP contribution in [0.15, 0.2) is 9.42 Å². The van der Waals surface area contributed by atoms with Crippen LogP contribution < -0.4 is 4.72 Å². The van der Waals surface area contributed by atoms with Crippen LogP contribution in [0.4, 0.5) is 0 Å². The summed E-state index contributed by atoms with van der Waals surface area (Å²) in [5.41, 5.74) is 2.36. The molecule has 1 N–H and O–H groups in total. The molecule has 3 rings (SSSR count). The van der Waals surface area contributed by atoms with Crippen molar-refractivity contribution in [3.8, 4) is 11.3 Å². The highest BCUT2D eigenvalue weighted by Crippen LogP contribution is 2.41. The summed E-state index contributed by atoms with van der Waals surface area (Å²) in [6.07, 6.45) is 7.64. The van der Waals surface area contributed by atoms with Crippen LogP contribution in [0, 0.1) is 27.7 Å². The van der Waals surface area contributed by atoms with Crippen LogP contribution in [0.5, 0.6) is 0 Å². The normalized spacial score (nSPS) is 17.2. The summed E-state index contributed by atoms with van der Waals surface area (Å²) >= 11 is 1.50. The predicted molar refractivity (Wildman–Crippen MR) is 105 cm³/mol. The third-order valence-electron chi connectivity index (χ3n) is 5.29. The molecule has 2 heterocycles. The molecular weight excluding hydrogens is 368 g/mol. The van der Waals surface area contributed by atoms with Crippen molar-refractivity contribution in [3.05, 3.63) is 21.0 Å². The van der Waals surface area contributed by atoms with Crippen molar-refractivity contribution < 1.29 is 12.9 Å². The van der Waals surface area contributed by atoms with Crippen LogP contribution in [0.25, 0.3) is 11.3 Å². The smallest absolute Gasteiger partial charge is 0.242 e. The molecule has 2 aromatic heterocycles. The van der Waals surface area contributed by atoms with E-state index >= 15 is 0 Å². The monoisotopic (exact) mass is 396 g/mol. The van der Waals surface area contributed by atoms with Crippen molar-refractivity contribution in [2.24, 2.45) is 0 Å². The lowest BCUT2D eigenvalue weighted by Crippen LogP contribution is -2.35. The van der Waals surface area contributed by atoms with Gasteiger partial charge in [-0.15, -0.1) is 11.3 Å². The van der Waals surface area contributed by atoms with Crippen LogP contribution in [-0.2, 0) is 10.0 Å². The largest absolute Gasteiger partial charge is 0.356 e. The molecule has 2 aromatic rings. The summed E-state index contributed by atoms with van der Waals surface area (Å²) in [6.45, 7) is 7.61. The zero-order valence-electron chi connectivity index (χ0n) is 16.0. The van der Waals surface area contributed by atoms with E-state index in [-0.39, 0.29) is 6.04 Å². The highest BCUT2D eigenvalue weighted by molar-refractivity contribution is 7.89. The summed E-state index contributed by atoms with van der Waals surface area (Å²) in [4.78, 5) is 2.10. The fourth-order valence-electron chi connectivity index (χ4n) is 3.75. The van der Waals surface area contributed by atoms with Crippen molar-refractivity contribution >= 4 is 21.4 Å². The first kappa shape index (κ1) is 19.6. The molecule has 1 aliphatic rings.